The minimum absolute atomic E-state index is 0.0497. The highest BCUT2D eigenvalue weighted by Crippen LogP contribution is 2.28. The number of nitrogens with one attached hydrogen (secondary N) is 1. The molecule has 5 heteroatoms. The Morgan fingerprint density at radius 2 is 2.33 bits per heavy atom. The van der Waals surface area contributed by atoms with E-state index in [0.29, 0.717) is 17.3 Å². The van der Waals surface area contributed by atoms with Crippen molar-refractivity contribution in [3.05, 3.63) is 23.0 Å². The quantitative estimate of drug-likeness (QED) is 0.827. The lowest BCUT2D eigenvalue weighted by molar-refractivity contribution is 0.0900. The highest BCUT2D eigenvalue weighted by atomic mass is 35.5. The van der Waals surface area contributed by atoms with Crippen LogP contribution in [0, 0.1) is 11.7 Å². The maximum absolute atomic E-state index is 13.4. The molecule has 2 unspecified atom stereocenters. The van der Waals surface area contributed by atoms with Crippen LogP contribution in [0.1, 0.15) is 19.8 Å². The Morgan fingerprint density at radius 3 is 3.06 bits per heavy atom. The normalized spacial score (nSPS) is 23.3. The molecule has 1 aromatic carbocycles. The zero-order valence-corrected chi connectivity index (χ0v) is 11.1. The van der Waals surface area contributed by atoms with Crippen LogP contribution in [-0.2, 0) is 4.74 Å². The highest BCUT2D eigenvalue weighted by Gasteiger charge is 2.26. The van der Waals surface area contributed by atoms with E-state index in [-0.39, 0.29) is 11.1 Å². The molecule has 2 atom stereocenters. The first-order valence-electron chi connectivity index (χ1n) is 6.21. The minimum atomic E-state index is -0.455. The van der Waals surface area contributed by atoms with Gasteiger partial charge in [0.2, 0.25) is 0 Å². The molecule has 1 heterocycles. The number of nitrogen functional groups attached to an aromatic ring is 1. The van der Waals surface area contributed by atoms with E-state index in [2.05, 4.69) is 12.2 Å². The number of benzene rings is 1. The largest absolute Gasteiger partial charge is 0.397 e. The molecular weight excluding hydrogens is 255 g/mol. The number of rotatable bonds is 4. The molecule has 0 amide bonds. The maximum atomic E-state index is 13.4. The first-order chi connectivity index (χ1) is 8.61. The third kappa shape index (κ3) is 2.87. The van der Waals surface area contributed by atoms with E-state index in [1.54, 1.807) is 0 Å². The van der Waals surface area contributed by atoms with E-state index in [1.807, 2.05) is 0 Å². The Kier molecular flexibility index (Phi) is 4.30. The molecule has 0 aromatic heterocycles. The van der Waals surface area contributed by atoms with Gasteiger partial charge in [0, 0.05) is 25.1 Å². The van der Waals surface area contributed by atoms with Crippen molar-refractivity contribution < 1.29 is 9.13 Å². The summed E-state index contributed by atoms with van der Waals surface area (Å²) in [5.41, 5.74) is 6.86. The van der Waals surface area contributed by atoms with Crippen LogP contribution in [0.2, 0.25) is 5.02 Å². The summed E-state index contributed by atoms with van der Waals surface area (Å²) in [5.74, 6) is -0.00350. The second kappa shape index (κ2) is 5.76. The van der Waals surface area contributed by atoms with Crippen LogP contribution in [0.4, 0.5) is 15.8 Å². The molecule has 100 valence electrons. The zero-order valence-electron chi connectivity index (χ0n) is 10.4. The molecule has 3 nitrogen and oxygen atoms in total. The average Bonchev–Trinajstić information content (AvgIpc) is 2.79. The van der Waals surface area contributed by atoms with Gasteiger partial charge in [-0.05, 0) is 18.9 Å². The summed E-state index contributed by atoms with van der Waals surface area (Å²) in [5, 5.41) is 3.23. The summed E-state index contributed by atoms with van der Waals surface area (Å²) < 4.78 is 19.0. The lowest BCUT2D eigenvalue weighted by atomic mass is 9.99. The van der Waals surface area contributed by atoms with Gasteiger partial charge >= 0.3 is 0 Å². The lowest BCUT2D eigenvalue weighted by Crippen LogP contribution is -2.23. The van der Waals surface area contributed by atoms with E-state index in [4.69, 9.17) is 22.1 Å². The molecular formula is C13H18ClFN2O. The molecule has 1 aromatic rings. The Balaban J connectivity index is 2.00. The van der Waals surface area contributed by atoms with Crippen LogP contribution in [0.25, 0.3) is 0 Å². The topological polar surface area (TPSA) is 47.3 Å². The average molecular weight is 273 g/mol. The minimum Gasteiger partial charge on any atom is -0.397 e. The smallest absolute Gasteiger partial charge is 0.143 e. The van der Waals surface area contributed by atoms with Crippen LogP contribution in [0.3, 0.4) is 0 Å². The van der Waals surface area contributed by atoms with Crippen molar-refractivity contribution >= 4 is 23.0 Å². The summed E-state index contributed by atoms with van der Waals surface area (Å²) in [7, 11) is 0. The van der Waals surface area contributed by atoms with Gasteiger partial charge in [-0.2, -0.15) is 0 Å². The zero-order chi connectivity index (χ0) is 13.1. The Labute approximate surface area is 111 Å². The van der Waals surface area contributed by atoms with Gasteiger partial charge in [0.05, 0.1) is 22.5 Å². The summed E-state index contributed by atoms with van der Waals surface area (Å²) in [6.07, 6.45) is 2.31. The molecule has 1 saturated heterocycles. The van der Waals surface area contributed by atoms with E-state index in [9.17, 15) is 4.39 Å². The lowest BCUT2D eigenvalue weighted by Gasteiger charge is -2.18. The van der Waals surface area contributed by atoms with Crippen LogP contribution in [0.5, 0.6) is 0 Å². The molecule has 1 aliphatic rings. The number of hydrogen-bond donors (Lipinski definition) is 2. The summed E-state index contributed by atoms with van der Waals surface area (Å²) in [4.78, 5) is 0. The predicted octanol–water partition coefficient (Wildman–Crippen LogP) is 3.29. The van der Waals surface area contributed by atoms with Gasteiger partial charge in [0.25, 0.3) is 0 Å². The van der Waals surface area contributed by atoms with E-state index in [0.717, 1.165) is 26.0 Å². The van der Waals surface area contributed by atoms with Crippen molar-refractivity contribution in [2.75, 3.05) is 24.2 Å². The van der Waals surface area contributed by atoms with Crippen LogP contribution in [0.15, 0.2) is 12.1 Å². The molecule has 1 fully saturated rings. The first kappa shape index (κ1) is 13.4. The molecule has 18 heavy (non-hydrogen) atoms. The van der Waals surface area contributed by atoms with Crippen molar-refractivity contribution in [1.29, 1.82) is 0 Å². The van der Waals surface area contributed by atoms with Gasteiger partial charge in [-0.25, -0.2) is 4.39 Å². The van der Waals surface area contributed by atoms with E-state index < -0.39 is 5.82 Å². The molecule has 0 spiro atoms. The molecule has 0 radical (unpaired) electrons. The fraction of sp³-hybridized carbons (Fsp3) is 0.538. The Bertz CT molecular complexity index is 428. The van der Waals surface area contributed by atoms with Crippen molar-refractivity contribution in [1.82, 2.24) is 0 Å². The fourth-order valence-corrected chi connectivity index (χ4v) is 2.51. The third-order valence-corrected chi connectivity index (χ3v) is 3.69. The van der Waals surface area contributed by atoms with Crippen molar-refractivity contribution in [3.8, 4) is 0 Å². The summed E-state index contributed by atoms with van der Waals surface area (Å²) in [6, 6.07) is 2.77. The number of anilines is 2. The van der Waals surface area contributed by atoms with Gasteiger partial charge in [-0.15, -0.1) is 0 Å². The van der Waals surface area contributed by atoms with Crippen molar-refractivity contribution in [2.24, 2.45) is 5.92 Å². The Morgan fingerprint density at radius 1 is 1.56 bits per heavy atom. The van der Waals surface area contributed by atoms with Gasteiger partial charge in [-0.1, -0.05) is 18.5 Å². The van der Waals surface area contributed by atoms with Gasteiger partial charge < -0.3 is 15.8 Å². The first-order valence-corrected chi connectivity index (χ1v) is 6.59. The van der Waals surface area contributed by atoms with Crippen LogP contribution in [-0.4, -0.2) is 19.3 Å². The molecule has 0 aliphatic carbocycles. The number of halogens is 2. The second-order valence-electron chi connectivity index (χ2n) is 4.60. The molecule has 3 N–H and O–H groups in total. The third-order valence-electron chi connectivity index (χ3n) is 3.40. The summed E-state index contributed by atoms with van der Waals surface area (Å²) >= 11 is 5.66. The Hall–Kier alpha value is -1.00. The summed E-state index contributed by atoms with van der Waals surface area (Å²) in [6.45, 7) is 3.65. The maximum Gasteiger partial charge on any atom is 0.143 e. The van der Waals surface area contributed by atoms with E-state index in [1.165, 1.54) is 12.1 Å². The van der Waals surface area contributed by atoms with Crippen LogP contribution < -0.4 is 11.1 Å². The highest BCUT2D eigenvalue weighted by molar-refractivity contribution is 6.31. The SMILES string of the molecule is CCC1OCCC1CNc1cc(F)c(Cl)cc1N. The fourth-order valence-electron chi connectivity index (χ4n) is 2.33. The monoisotopic (exact) mass is 272 g/mol. The number of ether oxygens (including phenoxy) is 1. The number of hydrogen-bond acceptors (Lipinski definition) is 3. The van der Waals surface area contributed by atoms with Crippen LogP contribution >= 0.6 is 11.6 Å². The number of nitrogens with two attached hydrogens (primary N) is 1. The van der Waals surface area contributed by atoms with Crippen molar-refractivity contribution in [3.63, 3.8) is 0 Å². The molecule has 1 aliphatic heterocycles. The van der Waals surface area contributed by atoms with E-state index >= 15 is 0 Å². The second-order valence-corrected chi connectivity index (χ2v) is 5.01. The predicted molar refractivity (Wildman–Crippen MR) is 72.5 cm³/mol. The van der Waals surface area contributed by atoms with Gasteiger partial charge in [-0.3, -0.25) is 0 Å². The van der Waals surface area contributed by atoms with Gasteiger partial charge in [0.15, 0.2) is 0 Å². The van der Waals surface area contributed by atoms with Gasteiger partial charge in [0.1, 0.15) is 5.82 Å². The van der Waals surface area contributed by atoms with Crippen molar-refractivity contribution in [2.45, 2.75) is 25.9 Å². The standard InChI is InChI=1S/C13H18ClFN2O/c1-2-13-8(3-4-18-13)7-17-12-6-10(15)9(14)5-11(12)16/h5-6,8,13,17H,2-4,7,16H2,1H3. The molecule has 0 saturated carbocycles. The molecule has 0 bridgehead atoms. The molecule has 2 rings (SSSR count).